The Morgan fingerprint density at radius 2 is 2.10 bits per heavy atom. The number of thiocarbonyl (C=S) groups is 1. The van der Waals surface area contributed by atoms with Crippen LogP contribution in [0.2, 0.25) is 5.02 Å². The van der Waals surface area contributed by atoms with E-state index in [1.54, 1.807) is 0 Å². The quantitative estimate of drug-likeness (QED) is 0.610. The summed E-state index contributed by atoms with van der Waals surface area (Å²) in [5, 5.41) is -0.0418. The zero-order valence-electron chi connectivity index (χ0n) is 10.7. The molecule has 6 nitrogen and oxygen atoms in total. The number of carbonyl (C=O) groups is 1. The Balaban J connectivity index is 3.10. The maximum absolute atomic E-state index is 12.1. The van der Waals surface area contributed by atoms with Gasteiger partial charge in [0.2, 0.25) is 10.0 Å². The van der Waals surface area contributed by atoms with Gasteiger partial charge in [-0.15, -0.1) is 0 Å². The van der Waals surface area contributed by atoms with E-state index >= 15 is 0 Å². The van der Waals surface area contributed by atoms with E-state index in [0.717, 1.165) is 7.11 Å². The predicted octanol–water partition coefficient (Wildman–Crippen LogP) is 0.814. The van der Waals surface area contributed by atoms with Crippen LogP contribution in [0.3, 0.4) is 0 Å². The summed E-state index contributed by atoms with van der Waals surface area (Å²) < 4.78 is 30.8. The third-order valence-electron chi connectivity index (χ3n) is 2.39. The third-order valence-corrected chi connectivity index (χ3v) is 4.65. The van der Waals surface area contributed by atoms with Gasteiger partial charge in [-0.3, -0.25) is 4.79 Å². The summed E-state index contributed by atoms with van der Waals surface area (Å²) in [6.45, 7) is 1.36. The minimum absolute atomic E-state index is 0.0418. The third kappa shape index (κ3) is 3.89. The van der Waals surface area contributed by atoms with Gasteiger partial charge in [0, 0.05) is 5.56 Å². The molecule has 0 aliphatic rings. The van der Waals surface area contributed by atoms with Gasteiger partial charge in [-0.1, -0.05) is 29.9 Å². The van der Waals surface area contributed by atoms with Crippen molar-refractivity contribution in [3.63, 3.8) is 0 Å². The number of esters is 1. The van der Waals surface area contributed by atoms with Crippen molar-refractivity contribution in [1.29, 1.82) is 0 Å². The van der Waals surface area contributed by atoms with Gasteiger partial charge in [0.25, 0.3) is 0 Å². The van der Waals surface area contributed by atoms with E-state index in [4.69, 9.17) is 29.6 Å². The second-order valence-corrected chi connectivity index (χ2v) is 6.41. The zero-order valence-corrected chi connectivity index (χ0v) is 13.1. The molecule has 1 unspecified atom stereocenters. The Bertz CT molecular complexity index is 646. The van der Waals surface area contributed by atoms with E-state index in [2.05, 4.69) is 9.46 Å². The topological polar surface area (TPSA) is 98.5 Å². The first kappa shape index (κ1) is 16.8. The fourth-order valence-electron chi connectivity index (χ4n) is 1.39. The van der Waals surface area contributed by atoms with Gasteiger partial charge in [0.15, 0.2) is 0 Å². The summed E-state index contributed by atoms with van der Waals surface area (Å²) in [5.74, 6) is -0.704. The molecule has 0 saturated carbocycles. The van der Waals surface area contributed by atoms with Crippen LogP contribution in [-0.2, 0) is 19.6 Å². The number of methoxy groups -OCH3 is 1. The van der Waals surface area contributed by atoms with Gasteiger partial charge in [-0.05, 0) is 19.1 Å². The largest absolute Gasteiger partial charge is 0.468 e. The molecule has 0 aliphatic carbocycles. The van der Waals surface area contributed by atoms with Crippen LogP contribution >= 0.6 is 23.8 Å². The number of nitrogens with two attached hydrogens (primary N) is 1. The van der Waals surface area contributed by atoms with Crippen LogP contribution in [0.5, 0.6) is 0 Å². The highest BCUT2D eigenvalue weighted by Gasteiger charge is 2.24. The van der Waals surface area contributed by atoms with Gasteiger partial charge in [-0.25, -0.2) is 8.42 Å². The lowest BCUT2D eigenvalue weighted by Crippen LogP contribution is -2.39. The minimum atomic E-state index is -3.95. The summed E-state index contributed by atoms with van der Waals surface area (Å²) in [4.78, 5) is 11.2. The summed E-state index contributed by atoms with van der Waals surface area (Å²) in [7, 11) is -2.79. The van der Waals surface area contributed by atoms with Crippen LogP contribution in [0.25, 0.3) is 0 Å². The molecule has 0 heterocycles. The number of halogens is 1. The van der Waals surface area contributed by atoms with Crippen molar-refractivity contribution in [3.8, 4) is 0 Å². The summed E-state index contributed by atoms with van der Waals surface area (Å²) in [5.41, 5.74) is 5.88. The maximum atomic E-state index is 12.1. The summed E-state index contributed by atoms with van der Waals surface area (Å²) in [6, 6.07) is 3.02. The van der Waals surface area contributed by atoms with E-state index < -0.39 is 22.0 Å². The lowest BCUT2D eigenvalue weighted by Gasteiger charge is -2.13. The predicted molar refractivity (Wildman–Crippen MR) is 79.1 cm³/mol. The molecule has 0 spiro atoms. The highest BCUT2D eigenvalue weighted by atomic mass is 35.5. The summed E-state index contributed by atoms with van der Waals surface area (Å²) in [6.07, 6.45) is 0. The van der Waals surface area contributed by atoms with Crippen LogP contribution in [0.4, 0.5) is 0 Å². The van der Waals surface area contributed by atoms with Crippen molar-refractivity contribution in [1.82, 2.24) is 4.72 Å². The van der Waals surface area contributed by atoms with Gasteiger partial charge in [-0.2, -0.15) is 4.72 Å². The number of carbonyl (C=O) groups excluding carboxylic acids is 1. The number of hydrogen-bond donors (Lipinski definition) is 2. The Kier molecular flexibility index (Phi) is 5.46. The van der Waals surface area contributed by atoms with Crippen LogP contribution in [0, 0.1) is 0 Å². The number of ether oxygens (including phenoxy) is 1. The van der Waals surface area contributed by atoms with Crippen molar-refractivity contribution in [2.24, 2.45) is 5.73 Å². The zero-order chi connectivity index (χ0) is 15.5. The number of nitrogens with one attached hydrogen (secondary N) is 1. The normalized spacial score (nSPS) is 12.8. The smallest absolute Gasteiger partial charge is 0.323 e. The number of rotatable bonds is 5. The van der Waals surface area contributed by atoms with Crippen molar-refractivity contribution < 1.29 is 17.9 Å². The molecule has 9 heteroatoms. The highest BCUT2D eigenvalue weighted by molar-refractivity contribution is 7.89. The summed E-state index contributed by atoms with van der Waals surface area (Å²) >= 11 is 10.7. The van der Waals surface area contributed by atoms with Crippen LogP contribution in [-0.4, -0.2) is 32.5 Å². The van der Waals surface area contributed by atoms with E-state index in [-0.39, 0.29) is 14.9 Å². The van der Waals surface area contributed by atoms with Crippen LogP contribution in [0.15, 0.2) is 23.1 Å². The molecule has 1 aromatic carbocycles. The molecular formula is C11H13ClN2O4S2. The second kappa shape index (κ2) is 6.49. The van der Waals surface area contributed by atoms with Crippen LogP contribution in [0.1, 0.15) is 12.5 Å². The Labute approximate surface area is 127 Å². The van der Waals surface area contributed by atoms with E-state index in [1.807, 2.05) is 0 Å². The van der Waals surface area contributed by atoms with E-state index in [1.165, 1.54) is 25.1 Å². The molecule has 1 atom stereocenters. The van der Waals surface area contributed by atoms with Crippen molar-refractivity contribution in [3.05, 3.63) is 28.8 Å². The first-order valence-electron chi connectivity index (χ1n) is 5.38. The molecule has 1 rings (SSSR count). The molecular weight excluding hydrogens is 324 g/mol. The van der Waals surface area contributed by atoms with Crippen molar-refractivity contribution >= 4 is 44.8 Å². The van der Waals surface area contributed by atoms with Gasteiger partial charge < -0.3 is 10.5 Å². The molecule has 0 aliphatic heterocycles. The Morgan fingerprint density at radius 1 is 1.50 bits per heavy atom. The second-order valence-electron chi connectivity index (χ2n) is 3.88. The molecule has 3 N–H and O–H groups in total. The minimum Gasteiger partial charge on any atom is -0.468 e. The fraction of sp³-hybridized carbons (Fsp3) is 0.273. The molecule has 0 saturated heterocycles. The van der Waals surface area contributed by atoms with Gasteiger partial charge >= 0.3 is 5.97 Å². The van der Waals surface area contributed by atoms with E-state index in [0.29, 0.717) is 5.56 Å². The Morgan fingerprint density at radius 3 is 2.55 bits per heavy atom. The fourth-order valence-corrected chi connectivity index (χ4v) is 3.26. The van der Waals surface area contributed by atoms with Gasteiger partial charge in [0.05, 0.1) is 12.1 Å². The molecule has 0 bridgehead atoms. The standard InChI is InChI=1S/C11H13ClN2O4S2/c1-6(11(15)18-2)14-20(16,17)9-4-3-7(10(13)19)5-8(9)12/h3-6,14H,1-2H3,(H2,13,19). The molecule has 0 radical (unpaired) electrons. The Hall–Kier alpha value is -1.22. The average Bonchev–Trinajstić information content (AvgIpc) is 2.36. The molecule has 110 valence electrons. The lowest BCUT2D eigenvalue weighted by molar-refractivity contribution is -0.142. The first-order valence-corrected chi connectivity index (χ1v) is 7.65. The first-order chi connectivity index (χ1) is 9.19. The molecule has 0 amide bonds. The molecule has 0 fully saturated rings. The van der Waals surface area contributed by atoms with Crippen LogP contribution < -0.4 is 10.5 Å². The maximum Gasteiger partial charge on any atom is 0.323 e. The van der Waals surface area contributed by atoms with Crippen molar-refractivity contribution in [2.45, 2.75) is 17.9 Å². The average molecular weight is 337 g/mol. The number of benzene rings is 1. The van der Waals surface area contributed by atoms with Crippen molar-refractivity contribution in [2.75, 3.05) is 7.11 Å². The van der Waals surface area contributed by atoms with E-state index in [9.17, 15) is 13.2 Å². The molecule has 20 heavy (non-hydrogen) atoms. The molecule has 0 aromatic heterocycles. The molecule has 1 aromatic rings. The number of sulfonamides is 1. The monoisotopic (exact) mass is 336 g/mol. The lowest BCUT2D eigenvalue weighted by atomic mass is 10.2. The van der Waals surface area contributed by atoms with Gasteiger partial charge in [0.1, 0.15) is 15.9 Å². The number of hydrogen-bond acceptors (Lipinski definition) is 5. The SMILES string of the molecule is COC(=O)C(C)NS(=O)(=O)c1ccc(C(N)=S)cc1Cl. The highest BCUT2D eigenvalue weighted by Crippen LogP contribution is 2.23.